The Morgan fingerprint density at radius 1 is 1.32 bits per heavy atom. The summed E-state index contributed by atoms with van der Waals surface area (Å²) in [5.74, 6) is 0.0145. The minimum Gasteiger partial charge on any atom is -0.508 e. The molecule has 1 aromatic carbocycles. The maximum absolute atomic E-state index is 12.7. The third-order valence-corrected chi connectivity index (χ3v) is 3.88. The average Bonchev–Trinajstić information content (AvgIpc) is 2.86. The van der Waals surface area contributed by atoms with Crippen LogP contribution in [0.15, 0.2) is 42.6 Å². The van der Waals surface area contributed by atoms with Crippen LogP contribution in [0.5, 0.6) is 5.75 Å². The van der Waals surface area contributed by atoms with Gasteiger partial charge in [0, 0.05) is 30.6 Å². The Morgan fingerprint density at radius 2 is 2.18 bits per heavy atom. The van der Waals surface area contributed by atoms with E-state index >= 15 is 0 Å². The van der Waals surface area contributed by atoms with Crippen LogP contribution in [0.25, 0.3) is 0 Å². The number of phenolic OH excluding ortho intramolecular Hbond substituents is 1. The third-order valence-electron chi connectivity index (χ3n) is 3.88. The molecule has 22 heavy (non-hydrogen) atoms. The molecule has 2 heterocycles. The van der Waals surface area contributed by atoms with Crippen LogP contribution in [0, 0.1) is 0 Å². The van der Waals surface area contributed by atoms with Crippen molar-refractivity contribution in [2.24, 2.45) is 0 Å². The number of nitrogens with zero attached hydrogens (tertiary/aromatic N) is 2. The summed E-state index contributed by atoms with van der Waals surface area (Å²) in [5.41, 5.74) is 1.59. The molecule has 5 heteroatoms. The van der Waals surface area contributed by atoms with Gasteiger partial charge < -0.3 is 19.3 Å². The van der Waals surface area contributed by atoms with E-state index in [4.69, 9.17) is 4.74 Å². The van der Waals surface area contributed by atoms with Crippen LogP contribution < -0.4 is 0 Å². The van der Waals surface area contributed by atoms with Crippen LogP contribution in [0.1, 0.15) is 23.0 Å². The van der Waals surface area contributed by atoms with Crippen LogP contribution in [-0.2, 0) is 17.8 Å². The molecule has 0 bridgehead atoms. The monoisotopic (exact) mass is 300 g/mol. The quantitative estimate of drug-likeness (QED) is 0.946. The molecular formula is C17H20N2O3. The van der Waals surface area contributed by atoms with Gasteiger partial charge in [-0.05, 0) is 37.3 Å². The van der Waals surface area contributed by atoms with E-state index in [-0.39, 0.29) is 17.8 Å². The van der Waals surface area contributed by atoms with Crippen molar-refractivity contribution >= 4 is 5.91 Å². The van der Waals surface area contributed by atoms with Crippen LogP contribution >= 0.6 is 0 Å². The van der Waals surface area contributed by atoms with Crippen molar-refractivity contribution in [3.63, 3.8) is 0 Å². The zero-order valence-corrected chi connectivity index (χ0v) is 12.6. The number of amides is 1. The van der Waals surface area contributed by atoms with Gasteiger partial charge in [-0.1, -0.05) is 6.07 Å². The number of hydrogen-bond acceptors (Lipinski definition) is 3. The first-order valence-electron chi connectivity index (χ1n) is 7.51. The van der Waals surface area contributed by atoms with Crippen molar-refractivity contribution in [3.8, 4) is 5.75 Å². The van der Waals surface area contributed by atoms with Gasteiger partial charge in [-0.3, -0.25) is 4.79 Å². The molecule has 5 nitrogen and oxygen atoms in total. The highest BCUT2D eigenvalue weighted by atomic mass is 16.5. The fourth-order valence-corrected chi connectivity index (χ4v) is 2.87. The molecule has 0 aliphatic carbocycles. The number of benzene rings is 1. The number of carbonyl (C=O) groups is 1. The van der Waals surface area contributed by atoms with Crippen molar-refractivity contribution in [3.05, 3.63) is 53.9 Å². The number of carbonyl (C=O) groups excluding carboxylic acids is 1. The first-order valence-corrected chi connectivity index (χ1v) is 7.51. The maximum Gasteiger partial charge on any atom is 0.254 e. The van der Waals surface area contributed by atoms with Crippen molar-refractivity contribution in [2.75, 3.05) is 13.2 Å². The molecule has 1 aliphatic rings. The second-order valence-corrected chi connectivity index (χ2v) is 5.47. The maximum atomic E-state index is 12.7. The Kier molecular flexibility index (Phi) is 4.15. The lowest BCUT2D eigenvalue weighted by Crippen LogP contribution is -2.37. The highest BCUT2D eigenvalue weighted by Crippen LogP contribution is 2.19. The summed E-state index contributed by atoms with van der Waals surface area (Å²) in [4.78, 5) is 14.5. The van der Waals surface area contributed by atoms with E-state index in [1.165, 1.54) is 6.07 Å². The fourth-order valence-electron chi connectivity index (χ4n) is 2.87. The summed E-state index contributed by atoms with van der Waals surface area (Å²) in [6.45, 7) is 4.42. The fraction of sp³-hybridized carbons (Fsp3) is 0.353. The Balaban J connectivity index is 1.87. The summed E-state index contributed by atoms with van der Waals surface area (Å²) >= 11 is 0. The Labute approximate surface area is 129 Å². The molecule has 1 atom stereocenters. The predicted octanol–water partition coefficient (Wildman–Crippen LogP) is 2.25. The SMILES string of the molecule is CCOC1CN(C(=O)c2cccc(O)c2)Cc2cccn2C1. The first kappa shape index (κ1) is 14.7. The Hall–Kier alpha value is -2.27. The molecule has 1 unspecified atom stereocenters. The summed E-state index contributed by atoms with van der Waals surface area (Å²) in [5, 5.41) is 9.58. The second-order valence-electron chi connectivity index (χ2n) is 5.47. The standard InChI is InChI=1S/C17H20N2O3/c1-2-22-16-11-18-8-4-6-14(18)10-19(12-16)17(21)13-5-3-7-15(20)9-13/h3-9,16,20H,2,10-12H2,1H3. The van der Waals surface area contributed by atoms with E-state index in [1.807, 2.05) is 25.3 Å². The van der Waals surface area contributed by atoms with Crippen LogP contribution in [-0.4, -0.2) is 39.7 Å². The minimum absolute atomic E-state index is 0.0279. The van der Waals surface area contributed by atoms with Crippen LogP contribution in [0.2, 0.25) is 0 Å². The largest absolute Gasteiger partial charge is 0.508 e. The van der Waals surface area contributed by atoms with Gasteiger partial charge in [0.05, 0.1) is 19.2 Å². The summed E-state index contributed by atoms with van der Waals surface area (Å²) in [6, 6.07) is 10.5. The van der Waals surface area contributed by atoms with Gasteiger partial charge in [0.15, 0.2) is 0 Å². The number of phenols is 1. The van der Waals surface area contributed by atoms with Crippen molar-refractivity contribution in [1.82, 2.24) is 9.47 Å². The third kappa shape index (κ3) is 2.99. The van der Waals surface area contributed by atoms with Crippen molar-refractivity contribution in [2.45, 2.75) is 26.1 Å². The summed E-state index contributed by atoms with van der Waals surface area (Å²) in [7, 11) is 0. The van der Waals surface area contributed by atoms with Gasteiger partial charge in [0.1, 0.15) is 5.75 Å². The van der Waals surface area contributed by atoms with Crippen LogP contribution in [0.4, 0.5) is 0 Å². The molecule has 0 fully saturated rings. The lowest BCUT2D eigenvalue weighted by molar-refractivity contribution is 0.0258. The zero-order valence-electron chi connectivity index (χ0n) is 12.6. The van der Waals surface area contributed by atoms with Gasteiger partial charge in [-0.15, -0.1) is 0 Å². The Morgan fingerprint density at radius 3 is 2.95 bits per heavy atom. The van der Waals surface area contributed by atoms with Gasteiger partial charge in [0.25, 0.3) is 5.91 Å². The molecule has 116 valence electrons. The van der Waals surface area contributed by atoms with Gasteiger partial charge >= 0.3 is 0 Å². The molecule has 3 rings (SSSR count). The predicted molar refractivity (Wildman–Crippen MR) is 82.7 cm³/mol. The second kappa shape index (κ2) is 6.23. The minimum atomic E-state index is -0.0877. The number of ether oxygens (including phenoxy) is 1. The number of aromatic hydroxyl groups is 1. The van der Waals surface area contributed by atoms with E-state index < -0.39 is 0 Å². The molecule has 1 amide bonds. The lowest BCUT2D eigenvalue weighted by atomic mass is 10.1. The topological polar surface area (TPSA) is 54.7 Å². The molecule has 0 saturated heterocycles. The molecule has 0 saturated carbocycles. The molecule has 0 radical (unpaired) electrons. The molecule has 2 aromatic rings. The van der Waals surface area contributed by atoms with Crippen molar-refractivity contribution < 1.29 is 14.6 Å². The lowest BCUT2D eigenvalue weighted by Gasteiger charge is -2.24. The van der Waals surface area contributed by atoms with E-state index in [2.05, 4.69) is 4.57 Å². The number of fused-ring (bicyclic) bond motifs is 1. The Bertz CT molecular complexity index is 665. The first-order chi connectivity index (χ1) is 10.7. The smallest absolute Gasteiger partial charge is 0.254 e. The number of aromatic nitrogens is 1. The van der Waals surface area contributed by atoms with Gasteiger partial charge in [0.2, 0.25) is 0 Å². The van der Waals surface area contributed by atoms with E-state index in [1.54, 1.807) is 23.1 Å². The molecule has 1 aliphatic heterocycles. The van der Waals surface area contributed by atoms with E-state index in [0.717, 1.165) is 12.2 Å². The van der Waals surface area contributed by atoms with Crippen molar-refractivity contribution in [1.29, 1.82) is 0 Å². The van der Waals surface area contributed by atoms with E-state index in [0.29, 0.717) is 25.3 Å². The molecule has 1 aromatic heterocycles. The van der Waals surface area contributed by atoms with Crippen LogP contribution in [0.3, 0.4) is 0 Å². The summed E-state index contributed by atoms with van der Waals surface area (Å²) < 4.78 is 7.90. The molecule has 0 spiro atoms. The molecular weight excluding hydrogens is 280 g/mol. The summed E-state index contributed by atoms with van der Waals surface area (Å²) in [6.07, 6.45) is 1.99. The highest BCUT2D eigenvalue weighted by Gasteiger charge is 2.25. The van der Waals surface area contributed by atoms with Gasteiger partial charge in [-0.2, -0.15) is 0 Å². The van der Waals surface area contributed by atoms with Gasteiger partial charge in [-0.25, -0.2) is 0 Å². The number of rotatable bonds is 3. The zero-order chi connectivity index (χ0) is 15.5. The highest BCUT2D eigenvalue weighted by molar-refractivity contribution is 5.94. The normalized spacial score (nSPS) is 17.9. The average molecular weight is 300 g/mol. The van der Waals surface area contributed by atoms with E-state index in [9.17, 15) is 9.90 Å². The number of hydrogen-bond donors (Lipinski definition) is 1. The molecule has 1 N–H and O–H groups in total.